The van der Waals surface area contributed by atoms with Crippen LogP contribution in [-0.4, -0.2) is 21.7 Å². The maximum absolute atomic E-state index is 14.3. The summed E-state index contributed by atoms with van der Waals surface area (Å²) in [5.74, 6) is -4.37. The third-order valence-electron chi connectivity index (χ3n) is 4.38. The number of benzene rings is 3. The second-order valence-corrected chi connectivity index (χ2v) is 6.37. The lowest BCUT2D eigenvalue weighted by Crippen LogP contribution is -2.13. The van der Waals surface area contributed by atoms with E-state index in [1.54, 1.807) is 6.07 Å². The van der Waals surface area contributed by atoms with Crippen molar-refractivity contribution in [2.75, 3.05) is 5.32 Å². The van der Waals surface area contributed by atoms with Gasteiger partial charge in [0.1, 0.15) is 5.82 Å². The Balaban J connectivity index is 1.62. The van der Waals surface area contributed by atoms with E-state index in [0.717, 1.165) is 24.3 Å². The van der Waals surface area contributed by atoms with E-state index in [2.05, 4.69) is 15.3 Å². The van der Waals surface area contributed by atoms with Crippen LogP contribution < -0.4 is 5.32 Å². The Labute approximate surface area is 168 Å². The fourth-order valence-electron chi connectivity index (χ4n) is 2.88. The van der Waals surface area contributed by atoms with E-state index >= 15 is 0 Å². The number of carbonyl (C=O) groups excluding carboxylic acids is 2. The Morgan fingerprint density at radius 2 is 1.40 bits per heavy atom. The van der Waals surface area contributed by atoms with Gasteiger partial charge in [-0.15, -0.1) is 0 Å². The summed E-state index contributed by atoms with van der Waals surface area (Å²) in [5, 5.41) is 2.44. The van der Waals surface area contributed by atoms with E-state index in [1.807, 2.05) is 0 Å². The van der Waals surface area contributed by atoms with Crippen LogP contribution in [0.15, 0.2) is 67.0 Å². The second kappa shape index (κ2) is 7.75. The third-order valence-corrected chi connectivity index (χ3v) is 4.38. The molecule has 148 valence electrons. The van der Waals surface area contributed by atoms with Gasteiger partial charge in [-0.1, -0.05) is 0 Å². The quantitative estimate of drug-likeness (QED) is 0.505. The molecule has 0 saturated carbocycles. The predicted molar refractivity (Wildman–Crippen MR) is 104 cm³/mol. The number of rotatable bonds is 4. The van der Waals surface area contributed by atoms with E-state index in [0.29, 0.717) is 11.0 Å². The van der Waals surface area contributed by atoms with Crippen molar-refractivity contribution in [1.82, 2.24) is 9.97 Å². The second-order valence-electron chi connectivity index (χ2n) is 6.37. The molecular weight excluding hydrogens is 395 g/mol. The average Bonchev–Trinajstić information content (AvgIpc) is 2.76. The van der Waals surface area contributed by atoms with Crippen LogP contribution in [0.5, 0.6) is 0 Å². The van der Waals surface area contributed by atoms with Crippen LogP contribution in [0.2, 0.25) is 0 Å². The standard InChI is InChI=1S/C22H12F3N3O2/c23-16-5-3-14(28-22(30)13-1-4-17(24)18(25)9-13)11-15(16)21(29)12-2-6-19-20(10-12)27-8-7-26-19/h1-11H,(H,28,30). The van der Waals surface area contributed by atoms with Crippen LogP contribution in [0.25, 0.3) is 11.0 Å². The molecule has 0 unspecified atom stereocenters. The lowest BCUT2D eigenvalue weighted by Gasteiger charge is -2.09. The maximum atomic E-state index is 14.3. The highest BCUT2D eigenvalue weighted by Crippen LogP contribution is 2.21. The lowest BCUT2D eigenvalue weighted by molar-refractivity contribution is 0.101. The summed E-state index contributed by atoms with van der Waals surface area (Å²) in [5.41, 5.74) is 0.996. The van der Waals surface area contributed by atoms with Crippen LogP contribution in [0.1, 0.15) is 26.3 Å². The molecule has 0 aliphatic carbocycles. The van der Waals surface area contributed by atoms with Gasteiger partial charge < -0.3 is 5.32 Å². The maximum Gasteiger partial charge on any atom is 0.255 e. The molecule has 0 radical (unpaired) electrons. The SMILES string of the molecule is O=C(Nc1ccc(F)c(C(=O)c2ccc3nccnc3c2)c1)c1ccc(F)c(F)c1. The van der Waals surface area contributed by atoms with E-state index < -0.39 is 29.1 Å². The molecule has 1 heterocycles. The van der Waals surface area contributed by atoms with Gasteiger partial charge >= 0.3 is 0 Å². The van der Waals surface area contributed by atoms with Crippen molar-refractivity contribution in [2.45, 2.75) is 0 Å². The van der Waals surface area contributed by atoms with Gasteiger partial charge in [-0.2, -0.15) is 0 Å². The normalized spacial score (nSPS) is 10.8. The van der Waals surface area contributed by atoms with Gasteiger partial charge in [0.2, 0.25) is 0 Å². The Morgan fingerprint density at radius 3 is 2.17 bits per heavy atom. The molecule has 0 fully saturated rings. The third kappa shape index (κ3) is 3.75. The zero-order valence-corrected chi connectivity index (χ0v) is 15.2. The van der Waals surface area contributed by atoms with Crippen LogP contribution in [0, 0.1) is 17.5 Å². The molecule has 0 saturated heterocycles. The zero-order valence-electron chi connectivity index (χ0n) is 15.2. The van der Waals surface area contributed by atoms with Gasteiger partial charge in [0.25, 0.3) is 5.91 Å². The molecule has 8 heteroatoms. The number of nitrogens with one attached hydrogen (secondary N) is 1. The number of carbonyl (C=O) groups is 2. The summed E-state index contributed by atoms with van der Waals surface area (Å²) in [6, 6.07) is 10.8. The number of amides is 1. The Bertz CT molecular complexity index is 1310. The highest BCUT2D eigenvalue weighted by atomic mass is 19.2. The summed E-state index contributed by atoms with van der Waals surface area (Å²) in [7, 11) is 0. The van der Waals surface area contributed by atoms with Crippen molar-refractivity contribution in [3.05, 3.63) is 101 Å². The van der Waals surface area contributed by atoms with Crippen molar-refractivity contribution in [2.24, 2.45) is 0 Å². The molecule has 5 nitrogen and oxygen atoms in total. The van der Waals surface area contributed by atoms with Gasteiger partial charge in [-0.3, -0.25) is 19.6 Å². The molecule has 4 aromatic rings. The first-order valence-corrected chi connectivity index (χ1v) is 8.74. The first-order chi connectivity index (χ1) is 14.4. The number of halogens is 3. The number of anilines is 1. The molecule has 1 amide bonds. The summed E-state index contributed by atoms with van der Waals surface area (Å²) in [6.07, 6.45) is 2.99. The van der Waals surface area contributed by atoms with Gasteiger partial charge in [0, 0.05) is 29.2 Å². The van der Waals surface area contributed by atoms with Crippen molar-refractivity contribution in [1.29, 1.82) is 0 Å². The smallest absolute Gasteiger partial charge is 0.255 e. The molecule has 4 rings (SSSR count). The van der Waals surface area contributed by atoms with E-state index in [4.69, 9.17) is 0 Å². The number of aromatic nitrogens is 2. The Hall–Kier alpha value is -4.07. The Morgan fingerprint density at radius 1 is 0.700 bits per heavy atom. The molecule has 1 aromatic heterocycles. The van der Waals surface area contributed by atoms with Gasteiger partial charge in [0.15, 0.2) is 17.4 Å². The van der Waals surface area contributed by atoms with E-state index in [9.17, 15) is 22.8 Å². The molecule has 0 aliphatic heterocycles. The fraction of sp³-hybridized carbons (Fsp3) is 0. The number of hydrogen-bond acceptors (Lipinski definition) is 4. The van der Waals surface area contributed by atoms with Crippen molar-refractivity contribution < 1.29 is 22.8 Å². The summed E-state index contributed by atoms with van der Waals surface area (Å²) >= 11 is 0. The molecule has 0 aliphatic rings. The fourth-order valence-corrected chi connectivity index (χ4v) is 2.88. The van der Waals surface area contributed by atoms with Crippen molar-refractivity contribution in [3.8, 4) is 0 Å². The molecule has 3 aromatic carbocycles. The van der Waals surface area contributed by atoms with Gasteiger partial charge in [0.05, 0.1) is 16.6 Å². The van der Waals surface area contributed by atoms with Gasteiger partial charge in [-0.25, -0.2) is 13.2 Å². The molecule has 30 heavy (non-hydrogen) atoms. The first-order valence-electron chi connectivity index (χ1n) is 8.74. The van der Waals surface area contributed by atoms with Gasteiger partial charge in [-0.05, 0) is 54.6 Å². The van der Waals surface area contributed by atoms with Crippen molar-refractivity contribution in [3.63, 3.8) is 0 Å². The highest BCUT2D eigenvalue weighted by molar-refractivity contribution is 6.11. The first kappa shape index (κ1) is 19.3. The molecular formula is C22H12F3N3O2. The van der Waals surface area contributed by atoms with Crippen LogP contribution >= 0.6 is 0 Å². The number of hydrogen-bond donors (Lipinski definition) is 1. The van der Waals surface area contributed by atoms with Crippen LogP contribution in [0.4, 0.5) is 18.9 Å². The van der Waals surface area contributed by atoms with Crippen molar-refractivity contribution >= 4 is 28.4 Å². The molecule has 1 N–H and O–H groups in total. The Kier molecular flexibility index (Phi) is 4.97. The molecule has 0 bridgehead atoms. The average molecular weight is 407 g/mol. The lowest BCUT2D eigenvalue weighted by atomic mass is 10.0. The van der Waals surface area contributed by atoms with E-state index in [1.165, 1.54) is 36.7 Å². The minimum atomic E-state index is -1.17. The topological polar surface area (TPSA) is 72.0 Å². The number of nitrogens with zero attached hydrogens (tertiary/aromatic N) is 2. The minimum absolute atomic E-state index is 0.120. The molecule has 0 spiro atoms. The zero-order chi connectivity index (χ0) is 21.3. The summed E-state index contributed by atoms with van der Waals surface area (Å²) < 4.78 is 40.7. The number of ketones is 1. The summed E-state index contributed by atoms with van der Waals surface area (Å²) in [6.45, 7) is 0. The monoisotopic (exact) mass is 407 g/mol. The van der Waals surface area contributed by atoms with Crippen LogP contribution in [0.3, 0.4) is 0 Å². The largest absolute Gasteiger partial charge is 0.322 e. The molecule has 0 atom stereocenters. The number of fused-ring (bicyclic) bond motifs is 1. The summed E-state index contributed by atoms with van der Waals surface area (Å²) in [4.78, 5) is 33.3. The van der Waals surface area contributed by atoms with Crippen LogP contribution in [-0.2, 0) is 0 Å². The van der Waals surface area contributed by atoms with E-state index in [-0.39, 0.29) is 22.4 Å². The minimum Gasteiger partial charge on any atom is -0.322 e. The predicted octanol–water partition coefficient (Wildman–Crippen LogP) is 4.53. The highest BCUT2D eigenvalue weighted by Gasteiger charge is 2.17.